The van der Waals surface area contributed by atoms with Crippen molar-refractivity contribution >= 4 is 5.97 Å². The van der Waals surface area contributed by atoms with Gasteiger partial charge < -0.3 is 5.11 Å². The van der Waals surface area contributed by atoms with Crippen LogP contribution in [0.2, 0.25) is 0 Å². The van der Waals surface area contributed by atoms with E-state index < -0.39 is 11.9 Å². The lowest BCUT2D eigenvalue weighted by molar-refractivity contribution is -0.141. The topological polar surface area (TPSA) is 80.9 Å². The molecule has 0 fully saturated rings. The quantitative estimate of drug-likeness (QED) is 0.902. The molecule has 1 aromatic heterocycles. The zero-order chi connectivity index (χ0) is 14.7. The molecule has 0 saturated carbocycles. The second kappa shape index (κ2) is 5.81. The number of tetrazole rings is 1. The van der Waals surface area contributed by atoms with E-state index in [0.29, 0.717) is 18.8 Å². The number of hydrogen-bond donors (Lipinski definition) is 1. The van der Waals surface area contributed by atoms with Gasteiger partial charge in [-0.15, -0.1) is 5.10 Å². The first kappa shape index (κ1) is 14.2. The second-order valence-electron chi connectivity index (χ2n) is 5.00. The molecule has 1 heterocycles. The molecule has 2 aromatic rings. The van der Waals surface area contributed by atoms with Gasteiger partial charge in [0.15, 0.2) is 5.82 Å². The SMILES string of the molecule is Cc1cccc(-c2nnnn2CCC(C)C(=O)O)c1C. The fourth-order valence-electron chi connectivity index (χ4n) is 1.98. The smallest absolute Gasteiger partial charge is 0.306 e. The highest BCUT2D eigenvalue weighted by molar-refractivity contribution is 5.69. The Balaban J connectivity index is 2.25. The van der Waals surface area contributed by atoms with E-state index in [-0.39, 0.29) is 0 Å². The Hall–Kier alpha value is -2.24. The van der Waals surface area contributed by atoms with E-state index in [2.05, 4.69) is 15.5 Å². The third-order valence-corrected chi connectivity index (χ3v) is 3.57. The highest BCUT2D eigenvalue weighted by Gasteiger charge is 2.15. The summed E-state index contributed by atoms with van der Waals surface area (Å²) in [4.78, 5) is 10.9. The van der Waals surface area contributed by atoms with Gasteiger partial charge in [0.1, 0.15) is 0 Å². The molecule has 1 aromatic carbocycles. The van der Waals surface area contributed by atoms with Crippen molar-refractivity contribution in [3.8, 4) is 11.4 Å². The molecule has 1 N–H and O–H groups in total. The predicted molar refractivity (Wildman–Crippen MR) is 74.1 cm³/mol. The molecule has 0 spiro atoms. The Morgan fingerprint density at radius 1 is 1.40 bits per heavy atom. The normalized spacial score (nSPS) is 12.3. The van der Waals surface area contributed by atoms with Crippen molar-refractivity contribution in [2.45, 2.75) is 33.7 Å². The first-order valence-corrected chi connectivity index (χ1v) is 6.56. The van der Waals surface area contributed by atoms with Crippen molar-refractivity contribution in [2.75, 3.05) is 0 Å². The first-order valence-electron chi connectivity index (χ1n) is 6.56. The van der Waals surface area contributed by atoms with Gasteiger partial charge in [0, 0.05) is 12.1 Å². The number of carboxylic acid groups (broad SMARTS) is 1. The number of rotatable bonds is 5. The summed E-state index contributed by atoms with van der Waals surface area (Å²) in [7, 11) is 0. The molecule has 0 aliphatic rings. The number of aryl methyl sites for hydroxylation is 2. The van der Waals surface area contributed by atoms with Crippen LogP contribution in [0.1, 0.15) is 24.5 Å². The van der Waals surface area contributed by atoms with Crippen molar-refractivity contribution in [3.63, 3.8) is 0 Å². The molecule has 0 radical (unpaired) electrons. The molecule has 0 aliphatic heterocycles. The van der Waals surface area contributed by atoms with Crippen LogP contribution in [0, 0.1) is 19.8 Å². The molecule has 2 rings (SSSR count). The molecule has 0 aliphatic carbocycles. The molecule has 1 unspecified atom stereocenters. The van der Waals surface area contributed by atoms with Gasteiger partial charge >= 0.3 is 5.97 Å². The largest absolute Gasteiger partial charge is 0.481 e. The summed E-state index contributed by atoms with van der Waals surface area (Å²) in [5, 5.41) is 20.6. The predicted octanol–water partition coefficient (Wildman–Crippen LogP) is 2.07. The summed E-state index contributed by atoms with van der Waals surface area (Å²) in [5.74, 6) is -0.527. The zero-order valence-electron chi connectivity index (χ0n) is 11.9. The molecule has 0 amide bonds. The van der Waals surface area contributed by atoms with Crippen LogP contribution < -0.4 is 0 Å². The Bertz CT molecular complexity index is 621. The standard InChI is InChI=1S/C14H18N4O2/c1-9-5-4-6-12(11(9)3)13-15-16-17-18(13)8-7-10(2)14(19)20/h4-6,10H,7-8H2,1-3H3,(H,19,20). The molecular weight excluding hydrogens is 256 g/mol. The minimum absolute atomic E-state index is 0.411. The van der Waals surface area contributed by atoms with E-state index in [0.717, 1.165) is 11.1 Å². The Labute approximate surface area is 117 Å². The van der Waals surface area contributed by atoms with Crippen LogP contribution in [0.15, 0.2) is 18.2 Å². The number of aliphatic carboxylic acids is 1. The third kappa shape index (κ3) is 2.84. The molecule has 106 valence electrons. The lowest BCUT2D eigenvalue weighted by Crippen LogP contribution is -2.14. The summed E-state index contributed by atoms with van der Waals surface area (Å²) in [6, 6.07) is 5.99. The van der Waals surface area contributed by atoms with Gasteiger partial charge in [-0.3, -0.25) is 4.79 Å². The maximum absolute atomic E-state index is 10.9. The zero-order valence-corrected chi connectivity index (χ0v) is 11.9. The van der Waals surface area contributed by atoms with Gasteiger partial charge in [-0.2, -0.15) is 0 Å². The first-order chi connectivity index (χ1) is 9.50. The van der Waals surface area contributed by atoms with Crippen LogP contribution in [0.5, 0.6) is 0 Å². The molecule has 20 heavy (non-hydrogen) atoms. The Morgan fingerprint density at radius 2 is 2.15 bits per heavy atom. The van der Waals surface area contributed by atoms with Gasteiger partial charge in [0.2, 0.25) is 0 Å². The average molecular weight is 274 g/mol. The second-order valence-corrected chi connectivity index (χ2v) is 5.00. The number of hydrogen-bond acceptors (Lipinski definition) is 4. The van der Waals surface area contributed by atoms with Crippen molar-refractivity contribution in [1.82, 2.24) is 20.2 Å². The molecule has 6 nitrogen and oxygen atoms in total. The molecule has 0 bridgehead atoms. The molecule has 0 saturated heterocycles. The number of carbonyl (C=O) groups is 1. The fraction of sp³-hybridized carbons (Fsp3) is 0.429. The monoisotopic (exact) mass is 274 g/mol. The van der Waals surface area contributed by atoms with E-state index in [9.17, 15) is 4.79 Å². The van der Waals surface area contributed by atoms with Crippen molar-refractivity contribution < 1.29 is 9.90 Å². The maximum Gasteiger partial charge on any atom is 0.306 e. The minimum atomic E-state index is -0.800. The summed E-state index contributed by atoms with van der Waals surface area (Å²) in [5.41, 5.74) is 3.30. The highest BCUT2D eigenvalue weighted by Crippen LogP contribution is 2.23. The number of nitrogens with zero attached hydrogens (tertiary/aromatic N) is 4. The average Bonchev–Trinajstić information content (AvgIpc) is 2.87. The van der Waals surface area contributed by atoms with Gasteiger partial charge in [0.05, 0.1) is 5.92 Å². The van der Waals surface area contributed by atoms with Crippen LogP contribution in [0.25, 0.3) is 11.4 Å². The maximum atomic E-state index is 10.9. The van der Waals surface area contributed by atoms with Crippen LogP contribution in [0.3, 0.4) is 0 Å². The lowest BCUT2D eigenvalue weighted by Gasteiger charge is -2.10. The van der Waals surface area contributed by atoms with Gasteiger partial charge in [-0.25, -0.2) is 4.68 Å². The summed E-state index contributed by atoms with van der Waals surface area (Å²) >= 11 is 0. The fourth-order valence-corrected chi connectivity index (χ4v) is 1.98. The van der Waals surface area contributed by atoms with Gasteiger partial charge in [0.25, 0.3) is 0 Å². The molecule has 1 atom stereocenters. The number of aromatic nitrogens is 4. The van der Waals surface area contributed by atoms with Crippen molar-refractivity contribution in [2.24, 2.45) is 5.92 Å². The van der Waals surface area contributed by atoms with E-state index in [1.54, 1.807) is 11.6 Å². The van der Waals surface area contributed by atoms with E-state index in [4.69, 9.17) is 5.11 Å². The van der Waals surface area contributed by atoms with Crippen molar-refractivity contribution in [1.29, 1.82) is 0 Å². The molecule has 6 heteroatoms. The Morgan fingerprint density at radius 3 is 2.85 bits per heavy atom. The van der Waals surface area contributed by atoms with Crippen LogP contribution in [0.4, 0.5) is 0 Å². The van der Waals surface area contributed by atoms with Crippen LogP contribution in [-0.4, -0.2) is 31.3 Å². The summed E-state index contributed by atoms with van der Waals surface area (Å²) in [6.07, 6.45) is 0.498. The molecular formula is C14H18N4O2. The minimum Gasteiger partial charge on any atom is -0.481 e. The third-order valence-electron chi connectivity index (χ3n) is 3.57. The van der Waals surface area contributed by atoms with Gasteiger partial charge in [-0.05, 0) is 41.8 Å². The van der Waals surface area contributed by atoms with Crippen molar-refractivity contribution in [3.05, 3.63) is 29.3 Å². The lowest BCUT2D eigenvalue weighted by atomic mass is 10.0. The Kier molecular flexibility index (Phi) is 4.12. The number of benzene rings is 1. The van der Waals surface area contributed by atoms with Crippen LogP contribution in [-0.2, 0) is 11.3 Å². The number of carboxylic acids is 1. The summed E-state index contributed by atoms with van der Waals surface area (Å²) < 4.78 is 1.67. The van der Waals surface area contributed by atoms with E-state index >= 15 is 0 Å². The summed E-state index contributed by atoms with van der Waals surface area (Å²) in [6.45, 7) is 6.25. The van der Waals surface area contributed by atoms with Gasteiger partial charge in [-0.1, -0.05) is 25.1 Å². The van der Waals surface area contributed by atoms with E-state index in [1.165, 1.54) is 5.56 Å². The van der Waals surface area contributed by atoms with E-state index in [1.807, 2.05) is 32.0 Å². The highest BCUT2D eigenvalue weighted by atomic mass is 16.4. The van der Waals surface area contributed by atoms with Crippen LogP contribution >= 0.6 is 0 Å².